The van der Waals surface area contributed by atoms with Crippen LogP contribution in [0, 0.1) is 5.41 Å². The molecule has 0 spiro atoms. The molecular weight excluding hydrogens is 292 g/mol. The minimum absolute atomic E-state index is 0.196. The van der Waals surface area contributed by atoms with Crippen molar-refractivity contribution in [3.8, 4) is 0 Å². The van der Waals surface area contributed by atoms with E-state index in [1.165, 1.54) is 16.5 Å². The van der Waals surface area contributed by atoms with Crippen LogP contribution < -0.4 is 0 Å². The van der Waals surface area contributed by atoms with Crippen molar-refractivity contribution in [1.29, 1.82) is 0 Å². The Labute approximate surface area is 131 Å². The molecule has 0 radical (unpaired) electrons. The Morgan fingerprint density at radius 3 is 2.45 bits per heavy atom. The summed E-state index contributed by atoms with van der Waals surface area (Å²) in [6.45, 7) is 2.27. The van der Waals surface area contributed by atoms with Gasteiger partial charge in [0, 0.05) is 11.3 Å². The van der Waals surface area contributed by atoms with Crippen LogP contribution in [0.5, 0.6) is 0 Å². The van der Waals surface area contributed by atoms with Crippen molar-refractivity contribution in [3.05, 3.63) is 76.7 Å². The third-order valence-electron chi connectivity index (χ3n) is 5.01. The molecule has 22 heavy (non-hydrogen) atoms. The summed E-state index contributed by atoms with van der Waals surface area (Å²) in [4.78, 5) is 0.377. The highest BCUT2D eigenvalue weighted by molar-refractivity contribution is 7.94. The van der Waals surface area contributed by atoms with Crippen LogP contribution in [0.4, 0.5) is 0 Å². The predicted octanol–water partition coefficient (Wildman–Crippen LogP) is 4.09. The van der Waals surface area contributed by atoms with E-state index in [0.29, 0.717) is 4.90 Å². The third kappa shape index (κ3) is 1.96. The molecule has 2 aliphatic carbocycles. The van der Waals surface area contributed by atoms with E-state index in [9.17, 15) is 8.42 Å². The van der Waals surface area contributed by atoms with Crippen molar-refractivity contribution in [1.82, 2.24) is 0 Å². The van der Waals surface area contributed by atoms with Crippen molar-refractivity contribution in [2.45, 2.75) is 30.6 Å². The Morgan fingerprint density at radius 1 is 1.00 bits per heavy atom. The van der Waals surface area contributed by atoms with Crippen molar-refractivity contribution in [2.24, 2.45) is 5.41 Å². The zero-order valence-corrected chi connectivity index (χ0v) is 13.3. The van der Waals surface area contributed by atoms with Crippen LogP contribution in [0.2, 0.25) is 0 Å². The molecule has 0 amide bonds. The van der Waals surface area contributed by atoms with Crippen molar-refractivity contribution >= 4 is 9.84 Å². The van der Waals surface area contributed by atoms with Crippen LogP contribution in [-0.2, 0) is 16.3 Å². The SMILES string of the molecule is C[C@]12C/C(=C/S(=O)(=O)c3ccccc3)[C@H]1c1ccccc1C2. The molecule has 0 N–H and O–H groups in total. The number of allylic oxidation sites excluding steroid dienone is 1. The molecule has 0 heterocycles. The van der Waals surface area contributed by atoms with E-state index >= 15 is 0 Å². The molecule has 0 saturated heterocycles. The summed E-state index contributed by atoms with van der Waals surface area (Å²) in [5, 5.41) is 1.51. The van der Waals surface area contributed by atoms with Gasteiger partial charge in [0.15, 0.2) is 9.84 Å². The van der Waals surface area contributed by atoms with E-state index in [2.05, 4.69) is 25.1 Å². The number of hydrogen-bond acceptors (Lipinski definition) is 2. The average molecular weight is 310 g/mol. The maximum atomic E-state index is 12.6. The van der Waals surface area contributed by atoms with Crippen LogP contribution in [-0.4, -0.2) is 8.42 Å². The topological polar surface area (TPSA) is 34.1 Å². The summed E-state index contributed by atoms with van der Waals surface area (Å²) < 4.78 is 25.1. The second-order valence-electron chi connectivity index (χ2n) is 6.69. The zero-order valence-electron chi connectivity index (χ0n) is 12.5. The Kier molecular flexibility index (Phi) is 2.85. The molecule has 112 valence electrons. The van der Waals surface area contributed by atoms with Crippen LogP contribution in [0.25, 0.3) is 0 Å². The largest absolute Gasteiger partial charge is 0.219 e. The Hall–Kier alpha value is -1.87. The first-order chi connectivity index (χ1) is 10.5. The van der Waals surface area contributed by atoms with E-state index in [-0.39, 0.29) is 11.3 Å². The first-order valence-electron chi connectivity index (χ1n) is 7.58. The Bertz CT molecular complexity index is 865. The quantitative estimate of drug-likeness (QED) is 0.837. The van der Waals surface area contributed by atoms with Crippen molar-refractivity contribution in [2.75, 3.05) is 0 Å². The summed E-state index contributed by atoms with van der Waals surface area (Å²) in [5.41, 5.74) is 3.93. The summed E-state index contributed by atoms with van der Waals surface area (Å²) in [7, 11) is -3.35. The number of benzene rings is 2. The lowest BCUT2D eigenvalue weighted by atomic mass is 9.59. The standard InChI is InChI=1S/C19H18O2S/c1-19-11-14-7-5-6-10-17(14)18(19)15(12-19)13-22(20,21)16-8-3-2-4-9-16/h2-10,13,18H,11-12H2,1H3/b15-13-/t18-,19-/m0/s1. The monoisotopic (exact) mass is 310 g/mol. The van der Waals surface area contributed by atoms with Crippen LogP contribution in [0.1, 0.15) is 30.4 Å². The number of rotatable bonds is 2. The fourth-order valence-electron chi connectivity index (χ4n) is 4.13. The van der Waals surface area contributed by atoms with Gasteiger partial charge in [0.25, 0.3) is 0 Å². The van der Waals surface area contributed by atoms with Gasteiger partial charge in [0.05, 0.1) is 4.90 Å². The smallest absolute Gasteiger partial charge is 0.199 e. The predicted molar refractivity (Wildman–Crippen MR) is 87.3 cm³/mol. The van der Waals surface area contributed by atoms with Crippen LogP contribution in [0.3, 0.4) is 0 Å². The highest BCUT2D eigenvalue weighted by Crippen LogP contribution is 2.63. The van der Waals surface area contributed by atoms with Gasteiger partial charge in [-0.1, -0.05) is 49.4 Å². The first-order valence-corrected chi connectivity index (χ1v) is 9.13. The second kappa shape index (κ2) is 4.56. The van der Waals surface area contributed by atoms with Gasteiger partial charge in [0.1, 0.15) is 0 Å². The van der Waals surface area contributed by atoms with E-state index in [1.807, 2.05) is 12.1 Å². The maximum absolute atomic E-state index is 12.6. The molecule has 0 aromatic heterocycles. The fraction of sp³-hybridized carbons (Fsp3) is 0.263. The molecule has 1 saturated carbocycles. The Balaban J connectivity index is 1.74. The number of sulfone groups is 1. The number of fused-ring (bicyclic) bond motifs is 3. The van der Waals surface area contributed by atoms with E-state index < -0.39 is 9.84 Å². The fourth-order valence-corrected chi connectivity index (χ4v) is 5.42. The highest BCUT2D eigenvalue weighted by atomic mass is 32.2. The van der Waals surface area contributed by atoms with Gasteiger partial charge in [-0.3, -0.25) is 0 Å². The molecule has 1 fully saturated rings. The maximum Gasteiger partial charge on any atom is 0.199 e. The van der Waals surface area contributed by atoms with Gasteiger partial charge in [0.2, 0.25) is 0 Å². The molecular formula is C19H18O2S. The normalized spacial score (nSPS) is 28.0. The van der Waals surface area contributed by atoms with Gasteiger partial charge < -0.3 is 0 Å². The van der Waals surface area contributed by atoms with E-state index in [0.717, 1.165) is 18.4 Å². The molecule has 4 rings (SSSR count). The Morgan fingerprint density at radius 2 is 1.68 bits per heavy atom. The summed E-state index contributed by atoms with van der Waals surface area (Å²) in [6, 6.07) is 17.1. The lowest BCUT2D eigenvalue weighted by molar-refractivity contribution is 0.216. The van der Waals surface area contributed by atoms with Gasteiger partial charge in [-0.15, -0.1) is 0 Å². The molecule has 0 bridgehead atoms. The summed E-state index contributed by atoms with van der Waals surface area (Å²) >= 11 is 0. The highest BCUT2D eigenvalue weighted by Gasteiger charge is 2.52. The molecule has 2 aromatic carbocycles. The molecule has 2 aliphatic rings. The second-order valence-corrected chi connectivity index (χ2v) is 8.49. The zero-order chi connectivity index (χ0) is 15.4. The molecule has 0 unspecified atom stereocenters. The minimum Gasteiger partial charge on any atom is -0.219 e. The van der Waals surface area contributed by atoms with Gasteiger partial charge in [-0.25, -0.2) is 8.42 Å². The van der Waals surface area contributed by atoms with Crippen LogP contribution >= 0.6 is 0 Å². The molecule has 2 atom stereocenters. The van der Waals surface area contributed by atoms with E-state index in [1.54, 1.807) is 24.3 Å². The number of hydrogen-bond donors (Lipinski definition) is 0. The van der Waals surface area contributed by atoms with Crippen molar-refractivity contribution < 1.29 is 8.42 Å². The third-order valence-corrected chi connectivity index (χ3v) is 6.56. The van der Waals surface area contributed by atoms with E-state index in [4.69, 9.17) is 0 Å². The summed E-state index contributed by atoms with van der Waals surface area (Å²) in [5.74, 6) is 0.266. The van der Waals surface area contributed by atoms with Gasteiger partial charge in [-0.2, -0.15) is 0 Å². The average Bonchev–Trinajstić information content (AvgIpc) is 2.72. The lowest BCUT2D eigenvalue weighted by Gasteiger charge is -2.45. The first kappa shape index (κ1) is 13.8. The van der Waals surface area contributed by atoms with Crippen LogP contribution in [0.15, 0.2) is 70.5 Å². The molecule has 2 aromatic rings. The molecule has 0 aliphatic heterocycles. The lowest BCUT2D eigenvalue weighted by Crippen LogP contribution is -2.35. The van der Waals surface area contributed by atoms with Gasteiger partial charge >= 0.3 is 0 Å². The molecule has 3 heteroatoms. The minimum atomic E-state index is -3.35. The van der Waals surface area contributed by atoms with Crippen molar-refractivity contribution in [3.63, 3.8) is 0 Å². The summed E-state index contributed by atoms with van der Waals surface area (Å²) in [6.07, 6.45) is 1.93. The van der Waals surface area contributed by atoms with Gasteiger partial charge in [-0.05, 0) is 47.1 Å². The molecule has 2 nitrogen and oxygen atoms in total.